The molecule has 12 aromatic carbocycles. The van der Waals surface area contributed by atoms with Gasteiger partial charge in [-0.25, -0.2) is 27.4 Å². The Kier molecular flexibility index (Phi) is 30.4. The van der Waals surface area contributed by atoms with Crippen molar-refractivity contribution in [1.82, 2.24) is 29.9 Å². The first-order valence-corrected chi connectivity index (χ1v) is 52.3. The zero-order valence-corrected chi connectivity index (χ0v) is 90.2. The fraction of sp³-hybridized carbons (Fsp3) is 0.359. The summed E-state index contributed by atoms with van der Waals surface area (Å²) in [6.45, 7) is 40.5. The van der Waals surface area contributed by atoms with Crippen LogP contribution in [0.3, 0.4) is 0 Å². The molecule has 3 fully saturated rings. The van der Waals surface area contributed by atoms with Crippen LogP contribution in [0.15, 0.2) is 232 Å². The minimum Gasteiger partial charge on any atom is -0.232 e. The van der Waals surface area contributed by atoms with Crippen LogP contribution < -0.4 is 27.4 Å². The molecular weight excluding hydrogens is 1740 g/mol. The largest absolute Gasteiger partial charge is 0.287 e. The molecule has 0 aliphatic heterocycles. The Hall–Kier alpha value is -13.3. The van der Waals surface area contributed by atoms with E-state index >= 15 is 0 Å². The van der Waals surface area contributed by atoms with Crippen molar-refractivity contribution < 1.29 is 32.9 Å². The number of rotatable bonds is 14. The minimum absolute atomic E-state index is 0.444. The van der Waals surface area contributed by atoms with Gasteiger partial charge in [-0.3, -0.25) is 0 Å². The molecule has 0 N–H and O–H groups in total. The number of aryl methyl sites for hydroxylation is 18. The molecule has 12 heteroatoms. The molecule has 732 valence electrons. The topological polar surface area (TPSA) is 101 Å². The van der Waals surface area contributed by atoms with E-state index in [4.69, 9.17) is 20.4 Å². The highest BCUT2D eigenvalue weighted by Gasteiger charge is 2.29. The van der Waals surface area contributed by atoms with Gasteiger partial charge in [0.2, 0.25) is 0 Å². The van der Waals surface area contributed by atoms with Crippen LogP contribution in [0.2, 0.25) is 0 Å². The molecule has 18 aromatic rings. The number of nitrogens with zero attached hydrogens (tertiary/aromatic N) is 12. The summed E-state index contributed by atoms with van der Waals surface area (Å²) in [6, 6.07) is 70.7. The second-order valence-electron chi connectivity index (χ2n) is 42.4. The van der Waals surface area contributed by atoms with E-state index in [-0.39, 0.29) is 0 Å². The number of hydrogen-bond acceptors (Lipinski definition) is 6. The maximum absolute atomic E-state index is 8.35. The van der Waals surface area contributed by atoms with Crippen molar-refractivity contribution in [2.75, 3.05) is 0 Å². The zero-order chi connectivity index (χ0) is 105. The van der Waals surface area contributed by atoms with Gasteiger partial charge in [-0.2, -0.15) is 0 Å². The van der Waals surface area contributed by atoms with Gasteiger partial charge < -0.3 is 0 Å². The lowest BCUT2D eigenvalue weighted by atomic mass is 9.93. The van der Waals surface area contributed by atoms with E-state index in [1.165, 1.54) is 290 Å². The Morgan fingerprint density at radius 3 is 0.902 bits per heavy atom. The van der Waals surface area contributed by atoms with Crippen molar-refractivity contribution in [2.45, 2.75) is 265 Å². The average Bonchev–Trinajstić information content (AvgIpc) is 1.58. The first kappa shape index (κ1) is 97.1. The Labute approximate surface area is 858 Å². The Balaban J connectivity index is 0.000000126. The van der Waals surface area contributed by atoms with Crippen LogP contribution in [0.5, 0.6) is 0 Å². The van der Waals surface area contributed by atoms with Crippen molar-refractivity contribution in [3.63, 3.8) is 0 Å². The van der Waals surface area contributed by atoms with E-state index in [0.717, 1.165) is 74.8 Å². The second-order valence-corrected chi connectivity index (χ2v) is 42.4. The molecule has 0 saturated heterocycles. The lowest BCUT2D eigenvalue weighted by Gasteiger charge is -2.13. The van der Waals surface area contributed by atoms with Crippen LogP contribution in [0.1, 0.15) is 270 Å². The smallest absolute Gasteiger partial charge is 0.232 e. The van der Waals surface area contributed by atoms with Gasteiger partial charge in [0.05, 0.1) is 74.6 Å². The summed E-state index contributed by atoms with van der Waals surface area (Å²) < 4.78 is 44.2. The monoisotopic (exact) mass is 1900 g/mol. The van der Waals surface area contributed by atoms with E-state index in [9.17, 15) is 0 Å². The van der Waals surface area contributed by atoms with E-state index in [1.807, 2.05) is 49.3 Å². The first-order chi connectivity index (χ1) is 70.1. The molecule has 1 unspecified atom stereocenters. The van der Waals surface area contributed by atoms with Gasteiger partial charge >= 0.3 is 0 Å². The molecule has 6 heterocycles. The maximum Gasteiger partial charge on any atom is 0.287 e. The molecule has 12 nitrogen and oxygen atoms in total. The van der Waals surface area contributed by atoms with Crippen LogP contribution in [0.4, 0.5) is 0 Å². The van der Waals surface area contributed by atoms with Gasteiger partial charge in [-0.05, 0) is 406 Å². The molecule has 1 atom stereocenters. The molecule has 6 aromatic heterocycles. The lowest BCUT2D eigenvalue weighted by molar-refractivity contribution is -0.662. The third-order valence-corrected chi connectivity index (χ3v) is 31.1. The van der Waals surface area contributed by atoms with Crippen molar-refractivity contribution in [2.24, 2.45) is 48.2 Å². The van der Waals surface area contributed by atoms with Crippen molar-refractivity contribution in [1.29, 1.82) is 0 Å². The fourth-order valence-electron chi connectivity index (χ4n) is 22.6. The minimum atomic E-state index is -2.41. The maximum atomic E-state index is 8.35. The summed E-state index contributed by atoms with van der Waals surface area (Å²) in [5.74, 6) is 1.16. The lowest BCUT2D eigenvalue weighted by Crippen LogP contribution is -2.32. The van der Waals surface area contributed by atoms with Gasteiger partial charge in [0.1, 0.15) is 34.2 Å². The van der Waals surface area contributed by atoms with Crippen LogP contribution in [0.25, 0.3) is 133 Å². The summed E-state index contributed by atoms with van der Waals surface area (Å²) in [6.07, 6.45) is 31.3. The summed E-state index contributed by atoms with van der Waals surface area (Å²) in [7, 11) is 12.4. The van der Waals surface area contributed by atoms with Crippen molar-refractivity contribution >= 4 is 65.4 Å². The van der Waals surface area contributed by atoms with Gasteiger partial charge in [-0.15, -0.1) is 0 Å². The number of fused-ring (bicyclic) bond motifs is 6. The van der Waals surface area contributed by atoms with E-state index < -0.39 is 12.7 Å². The van der Waals surface area contributed by atoms with Gasteiger partial charge in [0.15, 0.2) is 33.1 Å². The van der Waals surface area contributed by atoms with Crippen LogP contribution in [-0.4, -0.2) is 29.9 Å². The van der Waals surface area contributed by atoms with Crippen molar-refractivity contribution in [3.05, 3.63) is 354 Å². The van der Waals surface area contributed by atoms with Crippen molar-refractivity contribution in [3.8, 4) is 67.5 Å². The highest BCUT2D eigenvalue weighted by atomic mass is 15.0. The standard InChI is InChI=1S/C24H29N2.2C23H27N2.2C21H25N2.C19H21N2/c1-16-11-17(2)18(3)22(12-16)24-21-10-9-20(13-19-7-5-6-8-19)14-23(21)25-15-26(24)4;2*1-15-11-16(2)17(3)21(12-15)23-20-10-9-19(18-7-5-6-8-18)13-22(20)24-14-25(23)4;2*1-13(2)17-7-8-18-20(11-17)22-12-23(6)21(18)19-10-14(3)9-15(4)16(19)5;1-4-7-15-10-11-17-18(12-15)20-13-21(3)19(17)16-9-6-5-8-14(16)2/h9-12,14-15,19H,5-8,13H2,1-4H3;2*9-14,18H,5-8H2,1-4H3;2*7-13H,1-6H3;5-6,8-13H,4,7H2,1-3H3/q6*+1/i;;;1D3,13D;;. The summed E-state index contributed by atoms with van der Waals surface area (Å²) in [5, 5.41) is 7.12. The molecule has 0 amide bonds. The molecule has 0 bridgehead atoms. The second kappa shape index (κ2) is 44.7. The third-order valence-electron chi connectivity index (χ3n) is 31.1. The molecule has 3 aliphatic carbocycles. The fourth-order valence-corrected chi connectivity index (χ4v) is 22.6. The molecular formula is C131H154N12+6. The van der Waals surface area contributed by atoms with E-state index in [1.54, 1.807) is 18.5 Å². The summed E-state index contributed by atoms with van der Waals surface area (Å²) >= 11 is 0. The predicted molar refractivity (Wildman–Crippen MR) is 596 cm³/mol. The molecule has 3 saturated carbocycles. The highest BCUT2D eigenvalue weighted by molar-refractivity contribution is 5.97. The first-order valence-electron chi connectivity index (χ1n) is 54.3. The number of benzene rings is 12. The van der Waals surface area contributed by atoms with E-state index in [2.05, 4.69) is 381 Å². The van der Waals surface area contributed by atoms with Gasteiger partial charge in [0, 0.05) is 38.9 Å². The quantitative estimate of drug-likeness (QED) is 0.101. The molecule has 0 spiro atoms. The normalized spacial score (nSPS) is 14.3. The Morgan fingerprint density at radius 2 is 0.573 bits per heavy atom. The van der Waals surface area contributed by atoms with Crippen LogP contribution >= 0.6 is 0 Å². The molecule has 0 radical (unpaired) electrons. The predicted octanol–water partition coefficient (Wildman–Crippen LogP) is 29.5. The molecule has 143 heavy (non-hydrogen) atoms. The number of hydrogen-bond donors (Lipinski definition) is 0. The summed E-state index contributed by atoms with van der Waals surface area (Å²) in [4.78, 5) is 28.0. The van der Waals surface area contributed by atoms with E-state index in [0.29, 0.717) is 17.0 Å². The van der Waals surface area contributed by atoms with Gasteiger partial charge in [0.25, 0.3) is 38.0 Å². The van der Waals surface area contributed by atoms with Crippen LogP contribution in [0, 0.1) is 117 Å². The Morgan fingerprint density at radius 1 is 0.294 bits per heavy atom. The van der Waals surface area contributed by atoms with Gasteiger partial charge in [-0.1, -0.05) is 211 Å². The molecule has 21 rings (SSSR count). The zero-order valence-electron chi connectivity index (χ0n) is 94.2. The number of aromatic nitrogens is 12. The molecule has 3 aliphatic rings. The summed E-state index contributed by atoms with van der Waals surface area (Å²) in [5.41, 5.74) is 49.7. The SMILES string of the molecule is CCCc1ccc2c(-c3ccccc3C)[n+](C)cnc2c1.Cc1cc(C)c(C)c(-c2c3ccc(C(C)C)cc3nc[n+]2C)c1.Cc1cc(C)c(C)c(-c2c3ccc(C4CCCC4)cc3nc[n+]2C)c1.Cc1cc(C)c(C)c(-c2c3ccc(C4CCCC4)cc3nc[n+]2C)c1.Cc1cc(C)c(C)c(-c2c3ccc(CC4CCCC4)cc3nc[n+]2C)c1.[2H]C([2H])([2H])C([2H])(C)c1ccc2c(-c3cc(C)cc(C)c3C)[n+](C)cnc2c1. The van der Waals surface area contributed by atoms with Crippen LogP contribution in [-0.2, 0) is 55.1 Å². The third kappa shape index (κ3) is 22.7. The Bertz CT molecular complexity index is 7850. The highest BCUT2D eigenvalue weighted by Crippen LogP contribution is 2.43. The average molecular weight is 1900 g/mol.